The van der Waals surface area contributed by atoms with Crippen LogP contribution in [0.25, 0.3) is 10.8 Å². The summed E-state index contributed by atoms with van der Waals surface area (Å²) in [5.41, 5.74) is 8.46. The van der Waals surface area contributed by atoms with Crippen LogP contribution in [-0.2, 0) is 0 Å². The molecule has 0 spiro atoms. The molecule has 0 aliphatic heterocycles. The van der Waals surface area contributed by atoms with Crippen LogP contribution in [0.15, 0.2) is 72.8 Å². The van der Waals surface area contributed by atoms with Crippen molar-refractivity contribution in [1.29, 1.82) is 10.5 Å². The zero-order chi connectivity index (χ0) is 20.2. The zero-order valence-electron chi connectivity index (χ0n) is 15.3. The molecule has 4 rings (SSSR count). The normalized spacial score (nSPS) is 10.1. The number of nitrogen functional groups attached to an aromatic ring is 1. The molecule has 0 atom stereocenters. The number of nitriles is 2. The van der Waals surface area contributed by atoms with Crippen molar-refractivity contribution in [1.82, 2.24) is 4.98 Å². The summed E-state index contributed by atoms with van der Waals surface area (Å²) in [6, 6.07) is 25.7. The Morgan fingerprint density at radius 1 is 0.793 bits per heavy atom. The Hall–Kier alpha value is -4.55. The van der Waals surface area contributed by atoms with E-state index in [9.17, 15) is 0 Å². The lowest BCUT2D eigenvalue weighted by Gasteiger charge is -2.11. The van der Waals surface area contributed by atoms with Crippen LogP contribution < -0.4 is 15.8 Å². The molecule has 6 heteroatoms. The number of anilines is 3. The SMILES string of the molecule is N#Cc1ccc(Nc2nc(Oc3ccc4cc(C#N)ccc4c3)ccc2N)cc1. The molecule has 0 amide bonds. The number of ether oxygens (including phenoxy) is 1. The molecule has 138 valence electrons. The van der Waals surface area contributed by atoms with Gasteiger partial charge in [0.1, 0.15) is 5.75 Å². The van der Waals surface area contributed by atoms with E-state index in [1.54, 1.807) is 42.5 Å². The molecule has 0 aliphatic carbocycles. The number of hydrogen-bond donors (Lipinski definition) is 2. The number of pyridine rings is 1. The lowest BCUT2D eigenvalue weighted by Crippen LogP contribution is -2.00. The van der Waals surface area contributed by atoms with Gasteiger partial charge in [-0.2, -0.15) is 15.5 Å². The molecule has 0 bridgehead atoms. The van der Waals surface area contributed by atoms with Crippen LogP contribution in [0.1, 0.15) is 11.1 Å². The lowest BCUT2D eigenvalue weighted by atomic mass is 10.1. The Labute approximate surface area is 167 Å². The fraction of sp³-hybridized carbons (Fsp3) is 0. The second kappa shape index (κ2) is 7.59. The first-order valence-electron chi connectivity index (χ1n) is 8.80. The summed E-state index contributed by atoms with van der Waals surface area (Å²) >= 11 is 0. The highest BCUT2D eigenvalue weighted by atomic mass is 16.5. The highest BCUT2D eigenvalue weighted by molar-refractivity contribution is 5.85. The highest BCUT2D eigenvalue weighted by Crippen LogP contribution is 2.29. The number of nitrogens with one attached hydrogen (secondary N) is 1. The molecule has 1 heterocycles. The van der Waals surface area contributed by atoms with Gasteiger partial charge in [-0.15, -0.1) is 0 Å². The first kappa shape index (κ1) is 17.8. The van der Waals surface area contributed by atoms with E-state index in [4.69, 9.17) is 21.0 Å². The zero-order valence-corrected chi connectivity index (χ0v) is 15.3. The Bertz CT molecular complexity index is 1280. The molecule has 0 radical (unpaired) electrons. The Morgan fingerprint density at radius 3 is 2.24 bits per heavy atom. The van der Waals surface area contributed by atoms with Crippen molar-refractivity contribution in [3.8, 4) is 23.8 Å². The molecule has 0 saturated carbocycles. The molecule has 0 saturated heterocycles. The standard InChI is InChI=1S/C23H15N5O/c24-13-15-2-6-19(7-3-15)27-23-21(26)9-10-22(28-23)29-20-8-5-17-11-16(14-25)1-4-18(17)12-20/h1-12H,26H2,(H,27,28). The van der Waals surface area contributed by atoms with E-state index < -0.39 is 0 Å². The number of nitrogens with two attached hydrogens (primary N) is 1. The maximum Gasteiger partial charge on any atom is 0.221 e. The topological polar surface area (TPSA) is 108 Å². The minimum Gasteiger partial charge on any atom is -0.439 e. The van der Waals surface area contributed by atoms with E-state index in [-0.39, 0.29) is 0 Å². The maximum atomic E-state index is 9.01. The fourth-order valence-corrected chi connectivity index (χ4v) is 2.85. The number of hydrogen-bond acceptors (Lipinski definition) is 6. The molecule has 0 unspecified atom stereocenters. The molecule has 3 N–H and O–H groups in total. The fourth-order valence-electron chi connectivity index (χ4n) is 2.85. The van der Waals surface area contributed by atoms with E-state index in [1.165, 1.54) is 0 Å². The number of nitrogens with zero attached hydrogens (tertiary/aromatic N) is 3. The molecule has 1 aromatic heterocycles. The summed E-state index contributed by atoms with van der Waals surface area (Å²) in [5, 5.41) is 23.0. The van der Waals surface area contributed by atoms with Gasteiger partial charge in [-0.05, 0) is 65.4 Å². The molecule has 0 aliphatic rings. The van der Waals surface area contributed by atoms with Crippen molar-refractivity contribution in [3.05, 3.63) is 83.9 Å². The Morgan fingerprint density at radius 2 is 1.48 bits per heavy atom. The van der Waals surface area contributed by atoms with Crippen molar-refractivity contribution < 1.29 is 4.74 Å². The molecular weight excluding hydrogens is 362 g/mol. The van der Waals surface area contributed by atoms with Crippen LogP contribution >= 0.6 is 0 Å². The molecular formula is C23H15N5O. The van der Waals surface area contributed by atoms with Gasteiger partial charge in [0.15, 0.2) is 5.82 Å². The van der Waals surface area contributed by atoms with E-state index in [0.29, 0.717) is 34.3 Å². The van der Waals surface area contributed by atoms with Crippen molar-refractivity contribution in [2.45, 2.75) is 0 Å². The molecule has 6 nitrogen and oxygen atoms in total. The van der Waals surface area contributed by atoms with Gasteiger partial charge in [-0.3, -0.25) is 0 Å². The van der Waals surface area contributed by atoms with Gasteiger partial charge in [-0.25, -0.2) is 0 Å². The predicted molar refractivity (Wildman–Crippen MR) is 112 cm³/mol. The Balaban J connectivity index is 1.57. The van der Waals surface area contributed by atoms with Crippen molar-refractivity contribution in [2.75, 3.05) is 11.1 Å². The summed E-state index contributed by atoms with van der Waals surface area (Å²) in [7, 11) is 0. The predicted octanol–water partition coefficient (Wildman–Crippen LogP) is 5.10. The van der Waals surface area contributed by atoms with E-state index in [2.05, 4.69) is 22.4 Å². The second-order valence-corrected chi connectivity index (χ2v) is 6.34. The van der Waals surface area contributed by atoms with Gasteiger partial charge >= 0.3 is 0 Å². The summed E-state index contributed by atoms with van der Waals surface area (Å²) in [5.74, 6) is 1.49. The van der Waals surface area contributed by atoms with E-state index in [0.717, 1.165) is 16.5 Å². The van der Waals surface area contributed by atoms with Crippen LogP contribution in [0.5, 0.6) is 11.6 Å². The summed E-state index contributed by atoms with van der Waals surface area (Å²) < 4.78 is 5.90. The van der Waals surface area contributed by atoms with E-state index in [1.807, 2.05) is 30.3 Å². The van der Waals surface area contributed by atoms with Crippen LogP contribution in [-0.4, -0.2) is 4.98 Å². The number of aromatic nitrogens is 1. The monoisotopic (exact) mass is 377 g/mol. The van der Waals surface area contributed by atoms with Crippen LogP contribution in [0.3, 0.4) is 0 Å². The van der Waals surface area contributed by atoms with Gasteiger partial charge in [0, 0.05) is 11.8 Å². The molecule has 29 heavy (non-hydrogen) atoms. The van der Waals surface area contributed by atoms with Crippen LogP contribution in [0.4, 0.5) is 17.2 Å². The summed E-state index contributed by atoms with van der Waals surface area (Å²) in [4.78, 5) is 4.45. The average molecular weight is 377 g/mol. The average Bonchev–Trinajstić information content (AvgIpc) is 2.76. The van der Waals surface area contributed by atoms with Gasteiger partial charge < -0.3 is 15.8 Å². The number of rotatable bonds is 4. The van der Waals surface area contributed by atoms with Gasteiger partial charge in [-0.1, -0.05) is 12.1 Å². The first-order valence-corrected chi connectivity index (χ1v) is 8.80. The van der Waals surface area contributed by atoms with Crippen molar-refractivity contribution in [2.24, 2.45) is 0 Å². The lowest BCUT2D eigenvalue weighted by molar-refractivity contribution is 0.464. The maximum absolute atomic E-state index is 9.01. The van der Waals surface area contributed by atoms with Gasteiger partial charge in [0.2, 0.25) is 5.88 Å². The van der Waals surface area contributed by atoms with Crippen LogP contribution in [0, 0.1) is 22.7 Å². The van der Waals surface area contributed by atoms with Gasteiger partial charge in [0.05, 0.1) is 29.0 Å². The number of benzene rings is 3. The largest absolute Gasteiger partial charge is 0.439 e. The van der Waals surface area contributed by atoms with Gasteiger partial charge in [0.25, 0.3) is 0 Å². The minimum absolute atomic E-state index is 0.392. The van der Waals surface area contributed by atoms with Crippen molar-refractivity contribution in [3.63, 3.8) is 0 Å². The number of fused-ring (bicyclic) bond motifs is 1. The smallest absolute Gasteiger partial charge is 0.221 e. The third-order valence-electron chi connectivity index (χ3n) is 4.34. The molecule has 4 aromatic rings. The summed E-state index contributed by atoms with van der Waals surface area (Å²) in [6.07, 6.45) is 0. The minimum atomic E-state index is 0.392. The Kier molecular flexibility index (Phi) is 4.67. The molecule has 3 aromatic carbocycles. The quantitative estimate of drug-likeness (QED) is 0.512. The summed E-state index contributed by atoms with van der Waals surface area (Å²) in [6.45, 7) is 0. The van der Waals surface area contributed by atoms with E-state index >= 15 is 0 Å². The molecule has 0 fully saturated rings. The highest BCUT2D eigenvalue weighted by Gasteiger charge is 2.07. The van der Waals surface area contributed by atoms with Crippen molar-refractivity contribution >= 4 is 28.0 Å². The second-order valence-electron chi connectivity index (χ2n) is 6.34. The van der Waals surface area contributed by atoms with Crippen LogP contribution in [0.2, 0.25) is 0 Å². The third-order valence-corrected chi connectivity index (χ3v) is 4.34. The third kappa shape index (κ3) is 3.92. The first-order chi connectivity index (χ1) is 14.1.